The predicted octanol–water partition coefficient (Wildman–Crippen LogP) is 8.94. The van der Waals surface area contributed by atoms with Gasteiger partial charge >= 0.3 is 0 Å². The molecule has 0 radical (unpaired) electrons. The van der Waals surface area contributed by atoms with Crippen LogP contribution in [0.25, 0.3) is 0 Å². The fourth-order valence-electron chi connectivity index (χ4n) is 5.95. The average Bonchev–Trinajstić information content (AvgIpc) is 2.87. The zero-order valence-electron chi connectivity index (χ0n) is 20.9. The number of allylic oxidation sites excluding steroid dienone is 2. The quantitative estimate of drug-likeness (QED) is 0.265. The van der Waals surface area contributed by atoms with E-state index in [1.165, 1.54) is 68.6 Å². The van der Waals surface area contributed by atoms with Crippen LogP contribution in [0.4, 0.5) is 8.78 Å². The van der Waals surface area contributed by atoms with E-state index in [0.717, 1.165) is 30.6 Å². The van der Waals surface area contributed by atoms with E-state index < -0.39 is 11.6 Å². The lowest BCUT2D eigenvalue weighted by Crippen LogP contribution is -2.22. The Morgan fingerprint density at radius 3 is 2.29 bits per heavy atom. The molecule has 2 unspecified atom stereocenters. The molecule has 1 saturated carbocycles. The molecule has 0 bridgehead atoms. The van der Waals surface area contributed by atoms with E-state index in [1.807, 2.05) is 0 Å². The van der Waals surface area contributed by atoms with Crippen molar-refractivity contribution in [2.75, 3.05) is 6.61 Å². The van der Waals surface area contributed by atoms with Crippen molar-refractivity contribution in [2.24, 2.45) is 17.8 Å². The first-order valence-electron chi connectivity index (χ1n) is 13.4. The van der Waals surface area contributed by atoms with Gasteiger partial charge in [-0.1, -0.05) is 75.1 Å². The number of rotatable bonds is 9. The van der Waals surface area contributed by atoms with Crippen molar-refractivity contribution in [2.45, 2.75) is 84.0 Å². The summed E-state index contributed by atoms with van der Waals surface area (Å²) < 4.78 is 33.0. The largest absolute Gasteiger partial charge is 0.490 e. The summed E-state index contributed by atoms with van der Waals surface area (Å²) in [6.45, 7) is 4.23. The lowest BCUT2D eigenvalue weighted by molar-refractivity contribution is 0.209. The van der Waals surface area contributed by atoms with Gasteiger partial charge in [-0.05, 0) is 86.0 Å². The molecule has 1 fully saturated rings. The summed E-state index contributed by atoms with van der Waals surface area (Å²) in [6, 6.07) is 12.0. The third kappa shape index (κ3) is 6.29. The highest BCUT2D eigenvalue weighted by atomic mass is 19.2. The third-order valence-corrected chi connectivity index (χ3v) is 8.11. The van der Waals surface area contributed by atoms with Crippen molar-refractivity contribution in [3.8, 4) is 5.75 Å². The standard InChI is InChI=1S/C31H40F2O/c1-3-5-23-8-12-25(13-9-23)27-16-18-28(19-17-27)26-14-10-24(11-15-26)6-4-21-34-29-20-7-22(2)30(32)31(29)33/h7,10-11,14-16,18,20,23,25,27-28H,3-6,8-9,12-13,17,19,21H2,1-2H3. The van der Waals surface area contributed by atoms with Crippen LogP contribution in [0.5, 0.6) is 5.75 Å². The Hall–Kier alpha value is -2.16. The highest BCUT2D eigenvalue weighted by molar-refractivity contribution is 5.31. The number of benzene rings is 2. The molecular formula is C31H40F2O. The first-order valence-corrected chi connectivity index (χ1v) is 13.4. The van der Waals surface area contributed by atoms with Crippen LogP contribution >= 0.6 is 0 Å². The van der Waals surface area contributed by atoms with E-state index in [-0.39, 0.29) is 5.75 Å². The van der Waals surface area contributed by atoms with Gasteiger partial charge in [-0.15, -0.1) is 0 Å². The van der Waals surface area contributed by atoms with Gasteiger partial charge in [0.15, 0.2) is 11.6 Å². The van der Waals surface area contributed by atoms with Crippen LogP contribution in [-0.2, 0) is 6.42 Å². The number of halogens is 2. The lowest BCUT2D eigenvalue weighted by Gasteiger charge is -2.35. The van der Waals surface area contributed by atoms with Gasteiger partial charge in [-0.3, -0.25) is 0 Å². The Morgan fingerprint density at radius 2 is 1.62 bits per heavy atom. The SMILES string of the molecule is CCCC1CCC(C2C=CC(c3ccc(CCCOc4ccc(C)c(F)c4F)cc3)CC2)CC1. The number of hydrogen-bond acceptors (Lipinski definition) is 1. The van der Waals surface area contributed by atoms with Gasteiger partial charge in [0.1, 0.15) is 0 Å². The van der Waals surface area contributed by atoms with E-state index in [1.54, 1.807) is 13.0 Å². The average molecular weight is 467 g/mol. The van der Waals surface area contributed by atoms with Gasteiger partial charge in [0.25, 0.3) is 0 Å². The van der Waals surface area contributed by atoms with Crippen molar-refractivity contribution >= 4 is 0 Å². The Morgan fingerprint density at radius 1 is 0.853 bits per heavy atom. The maximum absolute atomic E-state index is 13.9. The Balaban J connectivity index is 1.21. The molecule has 0 aliphatic heterocycles. The molecule has 4 rings (SSSR count). The maximum Gasteiger partial charge on any atom is 0.200 e. The van der Waals surface area contributed by atoms with Crippen LogP contribution in [0.15, 0.2) is 48.6 Å². The molecule has 1 nitrogen and oxygen atoms in total. The summed E-state index contributed by atoms with van der Waals surface area (Å²) in [4.78, 5) is 0. The summed E-state index contributed by atoms with van der Waals surface area (Å²) >= 11 is 0. The van der Waals surface area contributed by atoms with E-state index in [2.05, 4.69) is 43.3 Å². The zero-order chi connectivity index (χ0) is 23.9. The molecule has 34 heavy (non-hydrogen) atoms. The summed E-state index contributed by atoms with van der Waals surface area (Å²) in [5, 5.41) is 0. The highest BCUT2D eigenvalue weighted by Gasteiger charge is 2.28. The summed E-state index contributed by atoms with van der Waals surface area (Å²) in [5.41, 5.74) is 2.95. The topological polar surface area (TPSA) is 9.23 Å². The predicted molar refractivity (Wildman–Crippen MR) is 136 cm³/mol. The van der Waals surface area contributed by atoms with Gasteiger partial charge in [0, 0.05) is 5.92 Å². The van der Waals surface area contributed by atoms with Gasteiger partial charge in [0.2, 0.25) is 5.82 Å². The number of aryl methyl sites for hydroxylation is 2. The first-order chi connectivity index (χ1) is 16.5. The maximum atomic E-state index is 13.9. The van der Waals surface area contributed by atoms with E-state index in [0.29, 0.717) is 18.1 Å². The molecule has 2 atom stereocenters. The minimum atomic E-state index is -0.892. The Bertz CT molecular complexity index is 941. The number of hydrogen-bond donors (Lipinski definition) is 0. The van der Waals surface area contributed by atoms with Crippen LogP contribution < -0.4 is 4.74 Å². The summed E-state index contributed by atoms with van der Waals surface area (Å²) in [5.74, 6) is 1.48. The minimum absolute atomic E-state index is 0.00478. The second-order valence-electron chi connectivity index (χ2n) is 10.5. The molecule has 0 saturated heterocycles. The van der Waals surface area contributed by atoms with Crippen LogP contribution in [0.1, 0.15) is 87.3 Å². The van der Waals surface area contributed by atoms with Crippen LogP contribution in [0.2, 0.25) is 0 Å². The van der Waals surface area contributed by atoms with Crippen molar-refractivity contribution in [3.05, 3.63) is 76.9 Å². The number of ether oxygens (including phenoxy) is 1. The molecule has 2 aliphatic rings. The molecule has 3 heteroatoms. The minimum Gasteiger partial charge on any atom is -0.490 e. The second kappa shape index (κ2) is 12.0. The Kier molecular flexibility index (Phi) is 8.80. The molecule has 0 aromatic heterocycles. The summed E-state index contributed by atoms with van der Waals surface area (Å²) in [6.07, 6.45) is 17.7. The zero-order valence-corrected chi connectivity index (χ0v) is 20.9. The van der Waals surface area contributed by atoms with Crippen molar-refractivity contribution in [3.63, 3.8) is 0 Å². The van der Waals surface area contributed by atoms with Crippen LogP contribution in [-0.4, -0.2) is 6.61 Å². The van der Waals surface area contributed by atoms with E-state index in [4.69, 9.17) is 4.74 Å². The highest BCUT2D eigenvalue weighted by Crippen LogP contribution is 2.41. The van der Waals surface area contributed by atoms with E-state index >= 15 is 0 Å². The van der Waals surface area contributed by atoms with Crippen molar-refractivity contribution in [1.29, 1.82) is 0 Å². The van der Waals surface area contributed by atoms with Gasteiger partial charge < -0.3 is 4.74 Å². The molecule has 184 valence electrons. The third-order valence-electron chi connectivity index (χ3n) is 8.11. The van der Waals surface area contributed by atoms with Crippen LogP contribution in [0.3, 0.4) is 0 Å². The monoisotopic (exact) mass is 466 g/mol. The van der Waals surface area contributed by atoms with Crippen molar-refractivity contribution < 1.29 is 13.5 Å². The molecule has 0 heterocycles. The van der Waals surface area contributed by atoms with Gasteiger partial charge in [-0.25, -0.2) is 4.39 Å². The molecule has 0 N–H and O–H groups in total. The van der Waals surface area contributed by atoms with Gasteiger partial charge in [0.05, 0.1) is 6.61 Å². The fraction of sp³-hybridized carbons (Fsp3) is 0.548. The molecule has 2 aliphatic carbocycles. The fourth-order valence-corrected chi connectivity index (χ4v) is 5.95. The van der Waals surface area contributed by atoms with Crippen molar-refractivity contribution in [1.82, 2.24) is 0 Å². The van der Waals surface area contributed by atoms with Crippen LogP contribution in [0, 0.1) is 36.3 Å². The van der Waals surface area contributed by atoms with Gasteiger partial charge in [-0.2, -0.15) is 4.39 Å². The second-order valence-corrected chi connectivity index (χ2v) is 10.5. The van der Waals surface area contributed by atoms with E-state index in [9.17, 15) is 8.78 Å². The molecule has 0 amide bonds. The Labute approximate surface area is 204 Å². The normalized spacial score (nSPS) is 24.8. The molecule has 2 aromatic carbocycles. The molecule has 0 spiro atoms. The molecule has 2 aromatic rings. The lowest BCUT2D eigenvalue weighted by atomic mass is 9.70. The summed E-state index contributed by atoms with van der Waals surface area (Å²) in [7, 11) is 0. The first kappa shape index (κ1) is 24.9. The molecular weight excluding hydrogens is 426 g/mol. The smallest absolute Gasteiger partial charge is 0.200 e.